The average Bonchev–Trinajstić information content (AvgIpc) is 2.68. The number of nitrogens with one attached hydrogen (secondary N) is 1. The molecule has 28 heavy (non-hydrogen) atoms. The number of carbonyl (C=O) groups is 1. The maximum Gasteiger partial charge on any atom is 0.573 e. The summed E-state index contributed by atoms with van der Waals surface area (Å²) in [4.78, 5) is 16.4. The molecule has 0 unspecified atom stereocenters. The molecule has 3 aromatic rings. The number of pyridine rings is 1. The number of carbonyl (C=O) groups excluding carboxylic acids is 1. The van der Waals surface area contributed by atoms with E-state index in [0.717, 1.165) is 12.1 Å². The van der Waals surface area contributed by atoms with Gasteiger partial charge in [-0.15, -0.1) is 13.2 Å². The number of benzene rings is 2. The molecule has 0 radical (unpaired) electrons. The second kappa shape index (κ2) is 7.80. The third kappa shape index (κ3) is 4.86. The topological polar surface area (TPSA) is 75.0 Å². The predicted molar refractivity (Wildman–Crippen MR) is 95.5 cm³/mol. The summed E-state index contributed by atoms with van der Waals surface area (Å²) in [6.07, 6.45) is -1.76. The van der Waals surface area contributed by atoms with E-state index in [1.165, 1.54) is 18.3 Å². The number of alkyl halides is 3. The van der Waals surface area contributed by atoms with Crippen LogP contribution in [-0.2, 0) is 0 Å². The molecule has 0 atom stereocenters. The number of anilines is 1. The Morgan fingerprint density at radius 2 is 1.79 bits per heavy atom. The molecule has 0 bridgehead atoms. The molecule has 5 nitrogen and oxygen atoms in total. The van der Waals surface area contributed by atoms with Gasteiger partial charge in [-0.1, -0.05) is 12.1 Å². The minimum atomic E-state index is -4.77. The summed E-state index contributed by atoms with van der Waals surface area (Å²) in [7, 11) is 0. The van der Waals surface area contributed by atoms with E-state index in [1.807, 2.05) is 6.07 Å². The lowest BCUT2D eigenvalue weighted by Crippen LogP contribution is -2.17. The van der Waals surface area contributed by atoms with Gasteiger partial charge in [-0.2, -0.15) is 5.26 Å². The second-order valence-corrected chi connectivity index (χ2v) is 5.68. The average molecular weight is 383 g/mol. The number of halogens is 3. The quantitative estimate of drug-likeness (QED) is 0.704. The van der Waals surface area contributed by atoms with Crippen molar-refractivity contribution in [3.63, 3.8) is 0 Å². The number of nitrogens with zero attached hydrogens (tertiary/aromatic N) is 2. The van der Waals surface area contributed by atoms with Crippen LogP contribution in [0.1, 0.15) is 15.9 Å². The highest BCUT2D eigenvalue weighted by Gasteiger charge is 2.30. The first-order valence-corrected chi connectivity index (χ1v) is 7.97. The summed E-state index contributed by atoms with van der Waals surface area (Å²) in [5.41, 5.74) is 2.44. The fourth-order valence-electron chi connectivity index (χ4n) is 2.44. The van der Waals surface area contributed by atoms with Gasteiger partial charge in [0.2, 0.25) is 0 Å². The van der Waals surface area contributed by atoms with Crippen LogP contribution in [0.15, 0.2) is 67.0 Å². The molecule has 1 N–H and O–H groups in total. The number of ether oxygens (including phenoxy) is 1. The third-order valence-electron chi connectivity index (χ3n) is 3.67. The maximum atomic E-state index is 12.4. The molecule has 0 aliphatic carbocycles. The van der Waals surface area contributed by atoms with E-state index in [0.29, 0.717) is 27.9 Å². The Bertz CT molecular complexity index is 1040. The van der Waals surface area contributed by atoms with E-state index < -0.39 is 12.3 Å². The van der Waals surface area contributed by atoms with Crippen molar-refractivity contribution in [3.05, 3.63) is 78.1 Å². The minimum Gasteiger partial charge on any atom is -0.406 e. The third-order valence-corrected chi connectivity index (χ3v) is 3.67. The van der Waals surface area contributed by atoms with Crippen molar-refractivity contribution in [2.45, 2.75) is 6.36 Å². The molecule has 2 aromatic carbocycles. The lowest BCUT2D eigenvalue weighted by Gasteiger charge is -2.10. The van der Waals surface area contributed by atoms with E-state index in [1.54, 1.807) is 36.5 Å². The molecule has 1 heterocycles. The zero-order chi connectivity index (χ0) is 20.1. The standard InChI is InChI=1S/C20H12F3N3O2/c21-20(22,23)28-18-6-4-17(5-7-18)26-19(27)15-3-1-2-14(9-15)16-8-13(10-24)11-25-12-16/h1-9,11-12H,(H,26,27). The smallest absolute Gasteiger partial charge is 0.406 e. The van der Waals surface area contributed by atoms with Crippen LogP contribution < -0.4 is 10.1 Å². The molecule has 0 aliphatic rings. The normalized spacial score (nSPS) is 10.8. The van der Waals surface area contributed by atoms with Crippen LogP contribution in [0.4, 0.5) is 18.9 Å². The summed E-state index contributed by atoms with van der Waals surface area (Å²) in [5.74, 6) is -0.812. The molecule has 0 saturated heterocycles. The zero-order valence-corrected chi connectivity index (χ0v) is 14.2. The second-order valence-electron chi connectivity index (χ2n) is 5.68. The number of nitriles is 1. The van der Waals surface area contributed by atoms with Gasteiger partial charge in [0.1, 0.15) is 11.8 Å². The Hall–Kier alpha value is -3.86. The van der Waals surface area contributed by atoms with Crippen molar-refractivity contribution in [2.24, 2.45) is 0 Å². The van der Waals surface area contributed by atoms with Crippen molar-refractivity contribution in [1.82, 2.24) is 4.98 Å². The maximum absolute atomic E-state index is 12.4. The first-order chi connectivity index (χ1) is 13.3. The monoisotopic (exact) mass is 383 g/mol. The Morgan fingerprint density at radius 3 is 2.46 bits per heavy atom. The van der Waals surface area contributed by atoms with E-state index in [-0.39, 0.29) is 5.75 Å². The lowest BCUT2D eigenvalue weighted by atomic mass is 10.0. The van der Waals surface area contributed by atoms with Gasteiger partial charge in [-0.25, -0.2) is 0 Å². The summed E-state index contributed by atoms with van der Waals surface area (Å²) in [5, 5.41) is 11.6. The molecule has 0 aliphatic heterocycles. The van der Waals surface area contributed by atoms with Gasteiger partial charge in [0, 0.05) is 29.2 Å². The molecule has 140 valence electrons. The summed E-state index contributed by atoms with van der Waals surface area (Å²) in [6.45, 7) is 0. The Morgan fingerprint density at radius 1 is 1.04 bits per heavy atom. The van der Waals surface area contributed by atoms with Crippen LogP contribution in [0.3, 0.4) is 0 Å². The summed E-state index contributed by atoms with van der Waals surface area (Å²) >= 11 is 0. The van der Waals surface area contributed by atoms with Crippen molar-refractivity contribution in [3.8, 4) is 22.9 Å². The predicted octanol–water partition coefficient (Wildman–Crippen LogP) is 4.77. The van der Waals surface area contributed by atoms with Gasteiger partial charge in [0.05, 0.1) is 5.56 Å². The van der Waals surface area contributed by atoms with Crippen LogP contribution in [-0.4, -0.2) is 17.3 Å². The molecular formula is C20H12F3N3O2. The van der Waals surface area contributed by atoms with E-state index in [4.69, 9.17) is 5.26 Å². The Labute approximate surface area is 158 Å². The van der Waals surface area contributed by atoms with Crippen LogP contribution in [0.25, 0.3) is 11.1 Å². The van der Waals surface area contributed by atoms with Gasteiger partial charge >= 0.3 is 6.36 Å². The van der Waals surface area contributed by atoms with Gasteiger partial charge in [-0.05, 0) is 48.0 Å². The lowest BCUT2D eigenvalue weighted by molar-refractivity contribution is -0.274. The number of aromatic nitrogens is 1. The van der Waals surface area contributed by atoms with E-state index in [9.17, 15) is 18.0 Å². The molecule has 1 amide bonds. The van der Waals surface area contributed by atoms with Gasteiger partial charge in [0.25, 0.3) is 5.91 Å². The van der Waals surface area contributed by atoms with Crippen LogP contribution >= 0.6 is 0 Å². The highest BCUT2D eigenvalue weighted by molar-refractivity contribution is 6.05. The fourth-order valence-corrected chi connectivity index (χ4v) is 2.44. The molecule has 3 rings (SSSR count). The molecule has 0 spiro atoms. The van der Waals surface area contributed by atoms with Crippen molar-refractivity contribution >= 4 is 11.6 Å². The van der Waals surface area contributed by atoms with Crippen LogP contribution in [0.2, 0.25) is 0 Å². The highest BCUT2D eigenvalue weighted by atomic mass is 19.4. The summed E-state index contributed by atoms with van der Waals surface area (Å²) < 4.78 is 40.3. The van der Waals surface area contributed by atoms with E-state index >= 15 is 0 Å². The fraction of sp³-hybridized carbons (Fsp3) is 0.0500. The van der Waals surface area contributed by atoms with Gasteiger partial charge in [-0.3, -0.25) is 9.78 Å². The zero-order valence-electron chi connectivity index (χ0n) is 14.2. The molecular weight excluding hydrogens is 371 g/mol. The summed E-state index contributed by atoms with van der Waals surface area (Å²) in [6, 6.07) is 15.2. The molecule has 0 saturated carbocycles. The van der Waals surface area contributed by atoms with E-state index in [2.05, 4.69) is 15.0 Å². The largest absolute Gasteiger partial charge is 0.573 e. The number of amides is 1. The Balaban J connectivity index is 1.75. The SMILES string of the molecule is N#Cc1cncc(-c2cccc(C(=O)Nc3ccc(OC(F)(F)F)cc3)c2)c1. The van der Waals surface area contributed by atoms with Crippen LogP contribution in [0.5, 0.6) is 5.75 Å². The Kier molecular flexibility index (Phi) is 5.27. The van der Waals surface area contributed by atoms with Crippen molar-refractivity contribution in [2.75, 3.05) is 5.32 Å². The molecule has 0 fully saturated rings. The molecule has 8 heteroatoms. The number of rotatable bonds is 4. The highest BCUT2D eigenvalue weighted by Crippen LogP contribution is 2.25. The molecule has 1 aromatic heterocycles. The van der Waals surface area contributed by atoms with Gasteiger partial charge in [0.15, 0.2) is 0 Å². The van der Waals surface area contributed by atoms with Crippen molar-refractivity contribution < 1.29 is 22.7 Å². The number of hydrogen-bond donors (Lipinski definition) is 1. The van der Waals surface area contributed by atoms with Crippen LogP contribution in [0, 0.1) is 11.3 Å². The minimum absolute atomic E-state index is 0.318. The van der Waals surface area contributed by atoms with Crippen molar-refractivity contribution in [1.29, 1.82) is 5.26 Å². The van der Waals surface area contributed by atoms with Gasteiger partial charge < -0.3 is 10.1 Å². The number of hydrogen-bond acceptors (Lipinski definition) is 4. The first-order valence-electron chi connectivity index (χ1n) is 7.97. The first kappa shape index (κ1) is 18.9.